The summed E-state index contributed by atoms with van der Waals surface area (Å²) >= 11 is 0. The van der Waals surface area contributed by atoms with E-state index in [2.05, 4.69) is 10.6 Å². The third kappa shape index (κ3) is 5.73. The van der Waals surface area contributed by atoms with Crippen LogP contribution >= 0.6 is 0 Å². The van der Waals surface area contributed by atoms with E-state index in [1.807, 2.05) is 0 Å². The highest BCUT2D eigenvalue weighted by atomic mass is 16.5. The Labute approximate surface area is 126 Å². The first-order chi connectivity index (χ1) is 9.74. The van der Waals surface area contributed by atoms with E-state index in [0.29, 0.717) is 0 Å². The van der Waals surface area contributed by atoms with Crippen molar-refractivity contribution >= 4 is 17.8 Å². The number of carbonyl (C=O) groups is 3. The maximum Gasteiger partial charge on any atom is 0.308 e. The van der Waals surface area contributed by atoms with Crippen LogP contribution in [-0.4, -0.2) is 37.5 Å². The predicted octanol–water partition coefficient (Wildman–Crippen LogP) is 0.997. The first-order valence-electron chi connectivity index (χ1n) is 7.39. The zero-order chi connectivity index (χ0) is 16.0. The lowest BCUT2D eigenvalue weighted by Crippen LogP contribution is -2.45. The Kier molecular flexibility index (Phi) is 6.18. The molecule has 0 aromatic carbocycles. The molecule has 0 atom stereocenters. The Morgan fingerprint density at radius 3 is 2.14 bits per heavy atom. The number of hydrogen-bond donors (Lipinski definition) is 2. The molecule has 1 rings (SSSR count). The highest BCUT2D eigenvalue weighted by Gasteiger charge is 2.28. The van der Waals surface area contributed by atoms with Crippen LogP contribution in [-0.2, 0) is 19.1 Å². The van der Waals surface area contributed by atoms with Crippen LogP contribution in [0.15, 0.2) is 0 Å². The summed E-state index contributed by atoms with van der Waals surface area (Å²) in [6.07, 6.45) is 2.98. The van der Waals surface area contributed by atoms with Crippen molar-refractivity contribution in [1.82, 2.24) is 10.6 Å². The first-order valence-corrected chi connectivity index (χ1v) is 7.39. The Morgan fingerprint density at radius 1 is 1.10 bits per heavy atom. The summed E-state index contributed by atoms with van der Waals surface area (Å²) in [6, 6.07) is 0.0740. The zero-order valence-corrected chi connectivity index (χ0v) is 13.3. The number of methoxy groups -OCH3 is 1. The Bertz CT molecular complexity index is 393. The molecule has 6 nitrogen and oxygen atoms in total. The predicted molar refractivity (Wildman–Crippen MR) is 78.4 cm³/mol. The quantitative estimate of drug-likeness (QED) is 0.758. The molecule has 0 aliphatic heterocycles. The minimum absolute atomic E-state index is 0.00691. The highest BCUT2D eigenvalue weighted by Crippen LogP contribution is 2.25. The van der Waals surface area contributed by atoms with Gasteiger partial charge in [-0.05, 0) is 25.7 Å². The Balaban J connectivity index is 2.28. The summed E-state index contributed by atoms with van der Waals surface area (Å²) in [4.78, 5) is 34.9. The van der Waals surface area contributed by atoms with Crippen molar-refractivity contribution in [2.75, 3.05) is 13.7 Å². The monoisotopic (exact) mass is 298 g/mol. The average molecular weight is 298 g/mol. The van der Waals surface area contributed by atoms with Crippen LogP contribution in [0.5, 0.6) is 0 Å². The van der Waals surface area contributed by atoms with E-state index in [1.54, 1.807) is 20.8 Å². The SMILES string of the molecule is COC(=O)C1CCC(NC(=O)CNC(=O)C(C)(C)C)CC1. The second-order valence-electron chi connectivity index (χ2n) is 6.57. The van der Waals surface area contributed by atoms with E-state index >= 15 is 0 Å². The molecular formula is C15H26N2O4. The molecule has 2 N–H and O–H groups in total. The summed E-state index contributed by atoms with van der Waals surface area (Å²) in [5.41, 5.74) is -0.501. The van der Waals surface area contributed by atoms with Crippen LogP contribution in [0.1, 0.15) is 46.5 Å². The zero-order valence-electron chi connectivity index (χ0n) is 13.3. The number of carbonyl (C=O) groups excluding carboxylic acids is 3. The van der Waals surface area contributed by atoms with Gasteiger partial charge in [-0.15, -0.1) is 0 Å². The van der Waals surface area contributed by atoms with Gasteiger partial charge in [-0.3, -0.25) is 14.4 Å². The van der Waals surface area contributed by atoms with Gasteiger partial charge in [-0.25, -0.2) is 0 Å². The summed E-state index contributed by atoms with van der Waals surface area (Å²) in [7, 11) is 1.40. The minimum atomic E-state index is -0.501. The van der Waals surface area contributed by atoms with Crippen LogP contribution in [0, 0.1) is 11.3 Å². The van der Waals surface area contributed by atoms with Gasteiger partial charge in [0, 0.05) is 11.5 Å². The van der Waals surface area contributed by atoms with Gasteiger partial charge < -0.3 is 15.4 Å². The van der Waals surface area contributed by atoms with E-state index in [0.717, 1.165) is 25.7 Å². The van der Waals surface area contributed by atoms with E-state index in [-0.39, 0.29) is 36.3 Å². The van der Waals surface area contributed by atoms with Gasteiger partial charge in [-0.2, -0.15) is 0 Å². The molecule has 120 valence electrons. The van der Waals surface area contributed by atoms with Crippen LogP contribution in [0.2, 0.25) is 0 Å². The summed E-state index contributed by atoms with van der Waals surface area (Å²) < 4.78 is 4.73. The fraction of sp³-hybridized carbons (Fsp3) is 0.800. The van der Waals surface area contributed by atoms with Crippen LogP contribution in [0.25, 0.3) is 0 Å². The number of nitrogens with one attached hydrogen (secondary N) is 2. The molecule has 0 unspecified atom stereocenters. The average Bonchev–Trinajstić information content (AvgIpc) is 2.43. The maximum atomic E-state index is 11.8. The molecule has 0 aromatic rings. The second kappa shape index (κ2) is 7.43. The molecule has 1 aliphatic rings. The van der Waals surface area contributed by atoms with Crippen molar-refractivity contribution < 1.29 is 19.1 Å². The number of rotatable bonds is 4. The number of ether oxygens (including phenoxy) is 1. The molecule has 1 saturated carbocycles. The third-order valence-electron chi connectivity index (χ3n) is 3.72. The number of hydrogen-bond acceptors (Lipinski definition) is 4. The number of esters is 1. The first kappa shape index (κ1) is 17.5. The second-order valence-corrected chi connectivity index (χ2v) is 6.57. The Morgan fingerprint density at radius 2 is 1.67 bits per heavy atom. The lowest BCUT2D eigenvalue weighted by Gasteiger charge is -2.27. The van der Waals surface area contributed by atoms with Gasteiger partial charge in [0.05, 0.1) is 19.6 Å². The molecular weight excluding hydrogens is 272 g/mol. The molecule has 0 radical (unpaired) electrons. The molecule has 1 fully saturated rings. The lowest BCUT2D eigenvalue weighted by molar-refractivity contribution is -0.146. The minimum Gasteiger partial charge on any atom is -0.469 e. The Hall–Kier alpha value is -1.59. The molecule has 2 amide bonds. The molecule has 0 aromatic heterocycles. The van der Waals surface area contributed by atoms with Crippen molar-refractivity contribution in [2.24, 2.45) is 11.3 Å². The molecule has 0 spiro atoms. The normalized spacial score (nSPS) is 22.3. The van der Waals surface area contributed by atoms with Crippen molar-refractivity contribution in [3.63, 3.8) is 0 Å². The summed E-state index contributed by atoms with van der Waals surface area (Å²) in [5, 5.41) is 5.52. The molecule has 0 bridgehead atoms. The molecule has 6 heteroatoms. The van der Waals surface area contributed by atoms with Gasteiger partial charge >= 0.3 is 5.97 Å². The van der Waals surface area contributed by atoms with E-state index in [9.17, 15) is 14.4 Å². The van der Waals surface area contributed by atoms with Gasteiger partial charge in [0.2, 0.25) is 11.8 Å². The highest BCUT2D eigenvalue weighted by molar-refractivity contribution is 5.87. The number of amides is 2. The van der Waals surface area contributed by atoms with Gasteiger partial charge in [0.25, 0.3) is 0 Å². The van der Waals surface area contributed by atoms with Crippen molar-refractivity contribution in [3.05, 3.63) is 0 Å². The fourth-order valence-corrected chi connectivity index (χ4v) is 2.34. The van der Waals surface area contributed by atoms with Crippen molar-refractivity contribution in [2.45, 2.75) is 52.5 Å². The topological polar surface area (TPSA) is 84.5 Å². The van der Waals surface area contributed by atoms with Gasteiger partial charge in [0.15, 0.2) is 0 Å². The van der Waals surface area contributed by atoms with Crippen LogP contribution < -0.4 is 10.6 Å². The van der Waals surface area contributed by atoms with Crippen LogP contribution in [0.3, 0.4) is 0 Å². The third-order valence-corrected chi connectivity index (χ3v) is 3.72. The molecule has 0 saturated heterocycles. The standard InChI is InChI=1S/C15H26N2O4/c1-15(2,3)14(20)16-9-12(18)17-11-7-5-10(6-8-11)13(19)21-4/h10-11H,5-9H2,1-4H3,(H,16,20)(H,17,18). The summed E-state index contributed by atoms with van der Waals surface area (Å²) in [6.45, 7) is 5.39. The van der Waals surface area contributed by atoms with E-state index in [4.69, 9.17) is 4.74 Å². The van der Waals surface area contributed by atoms with Crippen molar-refractivity contribution in [3.8, 4) is 0 Å². The molecule has 1 aliphatic carbocycles. The largest absolute Gasteiger partial charge is 0.469 e. The van der Waals surface area contributed by atoms with Crippen molar-refractivity contribution in [1.29, 1.82) is 0 Å². The molecule has 21 heavy (non-hydrogen) atoms. The van der Waals surface area contributed by atoms with E-state index < -0.39 is 5.41 Å². The lowest BCUT2D eigenvalue weighted by atomic mass is 9.86. The molecule has 0 heterocycles. The van der Waals surface area contributed by atoms with Gasteiger partial charge in [0.1, 0.15) is 0 Å². The van der Waals surface area contributed by atoms with E-state index in [1.165, 1.54) is 7.11 Å². The van der Waals surface area contributed by atoms with Gasteiger partial charge in [-0.1, -0.05) is 20.8 Å². The smallest absolute Gasteiger partial charge is 0.308 e. The van der Waals surface area contributed by atoms with Crippen LogP contribution in [0.4, 0.5) is 0 Å². The maximum absolute atomic E-state index is 11.8. The fourth-order valence-electron chi connectivity index (χ4n) is 2.34. The summed E-state index contributed by atoms with van der Waals surface area (Å²) in [5.74, 6) is -0.554.